The summed E-state index contributed by atoms with van der Waals surface area (Å²) >= 11 is 0. The second-order valence-corrected chi connectivity index (χ2v) is 7.97. The molecule has 3 rings (SSSR count). The summed E-state index contributed by atoms with van der Waals surface area (Å²) in [5, 5.41) is 9.23. The third-order valence-corrected chi connectivity index (χ3v) is 6.25. The molecule has 0 aliphatic rings. The lowest BCUT2D eigenvalue weighted by Crippen LogP contribution is -2.08. The Morgan fingerprint density at radius 2 is 1.15 bits per heavy atom. The molecular weight excluding hydrogens is 357 g/mol. The molecule has 0 radical (unpaired) electrons. The van der Waals surface area contributed by atoms with Crippen molar-refractivity contribution in [2.24, 2.45) is 0 Å². The van der Waals surface area contributed by atoms with Gasteiger partial charge in [-0.25, -0.2) is 0 Å². The number of hydrogen-bond acceptors (Lipinski definition) is 1. The summed E-state index contributed by atoms with van der Waals surface area (Å²) < 4.78 is 38.6. The van der Waals surface area contributed by atoms with Crippen molar-refractivity contribution in [3.8, 4) is 0 Å². The van der Waals surface area contributed by atoms with Gasteiger partial charge in [-0.2, -0.15) is 13.2 Å². The van der Waals surface area contributed by atoms with Gasteiger partial charge in [0.15, 0.2) is 14.7 Å². The zero-order chi connectivity index (χ0) is 18.7. The van der Waals surface area contributed by atoms with Crippen LogP contribution < -0.4 is 0 Å². The van der Waals surface area contributed by atoms with E-state index in [-0.39, 0.29) is 6.61 Å². The Hall–Kier alpha value is -2.24. The third-order valence-electron chi connectivity index (χ3n) is 4.02. The quantitative estimate of drug-likeness (QED) is 0.589. The zero-order valence-electron chi connectivity index (χ0n) is 14.1. The molecule has 0 aliphatic carbocycles. The molecule has 0 bridgehead atoms. The predicted molar refractivity (Wildman–Crippen MR) is 97.2 cm³/mol. The van der Waals surface area contributed by atoms with Gasteiger partial charge in [0.25, 0.3) is 0 Å². The van der Waals surface area contributed by atoms with E-state index < -0.39 is 22.6 Å². The lowest BCUT2D eigenvalue weighted by molar-refractivity contribution is -0.137. The topological polar surface area (TPSA) is 20.2 Å². The number of aryl methyl sites for hydroxylation is 1. The van der Waals surface area contributed by atoms with E-state index in [1.165, 1.54) is 0 Å². The summed E-state index contributed by atoms with van der Waals surface area (Å²) in [6, 6.07) is 20.9. The molecule has 1 unspecified atom stereocenters. The van der Waals surface area contributed by atoms with E-state index in [9.17, 15) is 18.3 Å². The average Bonchev–Trinajstić information content (AvgIpc) is 2.64. The molecule has 0 amide bonds. The van der Waals surface area contributed by atoms with E-state index >= 15 is 0 Å². The SMILES string of the molecule is Cc1ccc([S+](c2ccc(CO)cc2)c2ccc(C(F)(F)F)cc2)cc1. The van der Waals surface area contributed by atoms with Crippen LogP contribution in [0.4, 0.5) is 13.2 Å². The number of hydrogen-bond donors (Lipinski definition) is 1. The van der Waals surface area contributed by atoms with Crippen molar-refractivity contribution in [2.75, 3.05) is 0 Å². The molecule has 0 saturated carbocycles. The van der Waals surface area contributed by atoms with Crippen LogP contribution in [0.2, 0.25) is 0 Å². The second kappa shape index (κ2) is 7.56. The van der Waals surface area contributed by atoms with Crippen molar-refractivity contribution in [3.63, 3.8) is 0 Å². The van der Waals surface area contributed by atoms with E-state index in [4.69, 9.17) is 0 Å². The standard InChI is InChI=1S/C21H18F3OS/c1-15-2-8-18(9-3-15)26(19-10-4-16(14-25)5-11-19)20-12-6-17(7-13-20)21(22,23)24/h2-13,25H,14H2,1H3/q+1. The van der Waals surface area contributed by atoms with Gasteiger partial charge in [0.1, 0.15) is 0 Å². The first-order chi connectivity index (χ1) is 12.4. The van der Waals surface area contributed by atoms with Crippen LogP contribution in [0.25, 0.3) is 0 Å². The van der Waals surface area contributed by atoms with Crippen LogP contribution in [0.1, 0.15) is 16.7 Å². The van der Waals surface area contributed by atoms with Gasteiger partial charge >= 0.3 is 6.18 Å². The van der Waals surface area contributed by atoms with Crippen molar-refractivity contribution >= 4 is 10.9 Å². The largest absolute Gasteiger partial charge is 0.416 e. The molecule has 1 atom stereocenters. The van der Waals surface area contributed by atoms with Crippen molar-refractivity contribution in [3.05, 3.63) is 89.5 Å². The normalized spacial score (nSPS) is 12.8. The lowest BCUT2D eigenvalue weighted by atomic mass is 10.2. The van der Waals surface area contributed by atoms with Crippen molar-refractivity contribution in [1.82, 2.24) is 0 Å². The van der Waals surface area contributed by atoms with Gasteiger partial charge in [0, 0.05) is 0 Å². The molecule has 0 fully saturated rings. The van der Waals surface area contributed by atoms with Crippen LogP contribution in [0.15, 0.2) is 87.5 Å². The molecule has 3 aromatic rings. The third kappa shape index (κ3) is 4.11. The Kier molecular flexibility index (Phi) is 5.39. The number of halogens is 3. The highest BCUT2D eigenvalue weighted by atomic mass is 32.2. The smallest absolute Gasteiger partial charge is 0.392 e. The molecule has 3 aromatic carbocycles. The van der Waals surface area contributed by atoms with Gasteiger partial charge in [-0.15, -0.1) is 0 Å². The number of aliphatic hydroxyl groups excluding tert-OH is 1. The van der Waals surface area contributed by atoms with Gasteiger partial charge in [0.05, 0.1) is 23.1 Å². The number of aliphatic hydroxyl groups is 1. The van der Waals surface area contributed by atoms with Gasteiger partial charge in [-0.3, -0.25) is 0 Å². The summed E-state index contributed by atoms with van der Waals surface area (Å²) in [6.45, 7) is 1.95. The Bertz CT molecular complexity index is 854. The summed E-state index contributed by atoms with van der Waals surface area (Å²) in [7, 11) is -0.517. The minimum Gasteiger partial charge on any atom is -0.392 e. The van der Waals surface area contributed by atoms with E-state index in [0.29, 0.717) is 0 Å². The summed E-state index contributed by atoms with van der Waals surface area (Å²) in [5.41, 5.74) is 1.28. The molecule has 26 heavy (non-hydrogen) atoms. The minimum atomic E-state index is -4.34. The number of alkyl halides is 3. The van der Waals surface area contributed by atoms with Crippen LogP contribution in [0.3, 0.4) is 0 Å². The van der Waals surface area contributed by atoms with E-state index in [1.54, 1.807) is 12.1 Å². The maximum absolute atomic E-state index is 12.9. The fourth-order valence-corrected chi connectivity index (χ4v) is 4.63. The van der Waals surface area contributed by atoms with E-state index in [0.717, 1.165) is 37.9 Å². The van der Waals surface area contributed by atoms with E-state index in [2.05, 4.69) is 0 Å². The number of rotatable bonds is 4. The Labute approximate surface area is 153 Å². The fourth-order valence-electron chi connectivity index (χ4n) is 2.59. The summed E-state index contributed by atoms with van der Waals surface area (Å²) in [4.78, 5) is 2.84. The van der Waals surface area contributed by atoms with Crippen molar-refractivity contribution in [2.45, 2.75) is 34.4 Å². The van der Waals surface area contributed by atoms with Gasteiger partial charge < -0.3 is 5.11 Å². The molecule has 134 valence electrons. The maximum atomic E-state index is 12.9. The first-order valence-corrected chi connectivity index (χ1v) is 9.29. The monoisotopic (exact) mass is 375 g/mol. The Morgan fingerprint density at radius 3 is 1.58 bits per heavy atom. The maximum Gasteiger partial charge on any atom is 0.416 e. The van der Waals surface area contributed by atoms with Gasteiger partial charge in [-0.05, 0) is 61.0 Å². The highest BCUT2D eigenvalue weighted by molar-refractivity contribution is 7.97. The van der Waals surface area contributed by atoms with Crippen LogP contribution in [-0.2, 0) is 23.7 Å². The van der Waals surface area contributed by atoms with Crippen LogP contribution >= 0.6 is 0 Å². The lowest BCUT2D eigenvalue weighted by Gasteiger charge is -2.10. The summed E-state index contributed by atoms with van der Waals surface area (Å²) in [5.74, 6) is 0. The molecule has 0 aromatic heterocycles. The first-order valence-electron chi connectivity index (χ1n) is 8.06. The molecule has 1 nitrogen and oxygen atoms in total. The van der Waals surface area contributed by atoms with Gasteiger partial charge in [0.2, 0.25) is 0 Å². The van der Waals surface area contributed by atoms with E-state index in [1.807, 2.05) is 55.5 Å². The Balaban J connectivity index is 2.06. The van der Waals surface area contributed by atoms with Crippen LogP contribution in [0, 0.1) is 6.92 Å². The molecular formula is C21H18F3OS+. The highest BCUT2D eigenvalue weighted by Gasteiger charge is 2.33. The molecule has 1 N–H and O–H groups in total. The predicted octanol–water partition coefficient (Wildman–Crippen LogP) is 5.60. The number of benzene rings is 3. The molecule has 0 saturated heterocycles. The molecule has 0 aliphatic heterocycles. The van der Waals surface area contributed by atoms with Crippen LogP contribution in [0.5, 0.6) is 0 Å². The zero-order valence-corrected chi connectivity index (χ0v) is 14.9. The molecule has 5 heteroatoms. The Morgan fingerprint density at radius 1 is 0.731 bits per heavy atom. The second-order valence-electron chi connectivity index (χ2n) is 5.94. The minimum absolute atomic E-state index is 0.0428. The first kappa shape index (κ1) is 18.5. The molecule has 0 heterocycles. The fraction of sp³-hybridized carbons (Fsp3) is 0.143. The van der Waals surface area contributed by atoms with Crippen LogP contribution in [-0.4, -0.2) is 5.11 Å². The molecule has 0 spiro atoms. The van der Waals surface area contributed by atoms with Crippen molar-refractivity contribution < 1.29 is 18.3 Å². The average molecular weight is 375 g/mol. The summed E-state index contributed by atoms with van der Waals surface area (Å²) in [6.07, 6.45) is -4.34. The highest BCUT2D eigenvalue weighted by Crippen LogP contribution is 2.34. The van der Waals surface area contributed by atoms with Crippen molar-refractivity contribution in [1.29, 1.82) is 0 Å². The van der Waals surface area contributed by atoms with Gasteiger partial charge in [-0.1, -0.05) is 29.8 Å².